The van der Waals surface area contributed by atoms with Crippen LogP contribution in [0.1, 0.15) is 58.8 Å². The fourth-order valence-corrected chi connectivity index (χ4v) is 7.05. The standard InChI is InChI=1S/C20H27F3O4S/c1-18-9-7-13(24)11-12(18)3-4-14-15-5-6-17(19(15,2)10-8-16(14)18)27-28(25,26)20(21,22)23/h3,6,13-16,24H,4-5,7-11H2,1-2H3/t13-,14-,15-,16-,18-,19-/m0/s1. The van der Waals surface area contributed by atoms with Crippen molar-refractivity contribution < 1.29 is 30.9 Å². The zero-order valence-electron chi connectivity index (χ0n) is 16.1. The Morgan fingerprint density at radius 3 is 2.43 bits per heavy atom. The maximum atomic E-state index is 12.8. The molecule has 158 valence electrons. The molecular formula is C20H27F3O4S. The van der Waals surface area contributed by atoms with Crippen molar-refractivity contribution in [2.24, 2.45) is 28.6 Å². The molecule has 4 aliphatic carbocycles. The van der Waals surface area contributed by atoms with Crippen molar-refractivity contribution in [1.29, 1.82) is 0 Å². The van der Waals surface area contributed by atoms with Gasteiger partial charge in [0.15, 0.2) is 0 Å². The molecule has 4 aliphatic rings. The Labute approximate surface area is 164 Å². The number of alkyl halides is 3. The Morgan fingerprint density at radius 1 is 1.07 bits per heavy atom. The van der Waals surface area contributed by atoms with Crippen molar-refractivity contribution in [2.45, 2.75) is 70.4 Å². The van der Waals surface area contributed by atoms with Gasteiger partial charge in [-0.2, -0.15) is 21.6 Å². The molecule has 2 saturated carbocycles. The highest BCUT2D eigenvalue weighted by molar-refractivity contribution is 7.87. The van der Waals surface area contributed by atoms with E-state index in [1.165, 1.54) is 5.57 Å². The summed E-state index contributed by atoms with van der Waals surface area (Å²) in [6.45, 7) is 4.11. The third-order valence-corrected chi connectivity index (χ3v) is 9.04. The van der Waals surface area contributed by atoms with E-state index in [2.05, 4.69) is 17.2 Å². The molecule has 1 N–H and O–H groups in total. The van der Waals surface area contributed by atoms with Crippen molar-refractivity contribution in [3.63, 3.8) is 0 Å². The molecule has 0 spiro atoms. The average molecular weight is 420 g/mol. The number of aliphatic hydroxyl groups excluding tert-OH is 1. The first-order valence-corrected chi connectivity index (χ1v) is 11.4. The van der Waals surface area contributed by atoms with E-state index in [4.69, 9.17) is 0 Å². The second-order valence-electron chi connectivity index (χ2n) is 9.40. The number of rotatable bonds is 2. The molecule has 6 atom stereocenters. The van der Waals surface area contributed by atoms with E-state index in [-0.39, 0.29) is 29.1 Å². The van der Waals surface area contributed by atoms with Gasteiger partial charge >= 0.3 is 15.6 Å². The van der Waals surface area contributed by atoms with E-state index in [0.29, 0.717) is 25.2 Å². The molecule has 8 heteroatoms. The number of aliphatic hydroxyl groups is 1. The molecule has 0 heterocycles. The Hall–Kier alpha value is -1.02. The molecule has 28 heavy (non-hydrogen) atoms. The van der Waals surface area contributed by atoms with Gasteiger partial charge in [0, 0.05) is 5.41 Å². The van der Waals surface area contributed by atoms with Crippen molar-refractivity contribution in [3.8, 4) is 0 Å². The first-order chi connectivity index (χ1) is 12.9. The van der Waals surface area contributed by atoms with Crippen LogP contribution in [0, 0.1) is 28.6 Å². The third kappa shape index (κ3) is 2.85. The minimum Gasteiger partial charge on any atom is -0.393 e. The summed E-state index contributed by atoms with van der Waals surface area (Å²) < 4.78 is 66.1. The zero-order valence-corrected chi connectivity index (χ0v) is 16.9. The average Bonchev–Trinajstić information content (AvgIpc) is 2.91. The molecule has 4 nitrogen and oxygen atoms in total. The molecule has 2 fully saturated rings. The van der Waals surface area contributed by atoms with Crippen molar-refractivity contribution >= 4 is 10.1 Å². The van der Waals surface area contributed by atoms with Gasteiger partial charge in [0.05, 0.1) is 6.10 Å². The smallest absolute Gasteiger partial charge is 0.393 e. The summed E-state index contributed by atoms with van der Waals surface area (Å²) in [6, 6.07) is 0. The van der Waals surface area contributed by atoms with Gasteiger partial charge in [-0.25, -0.2) is 0 Å². The zero-order chi connectivity index (χ0) is 20.5. The molecule has 0 bridgehead atoms. The van der Waals surface area contributed by atoms with Gasteiger partial charge in [-0.3, -0.25) is 0 Å². The van der Waals surface area contributed by atoms with Crippen molar-refractivity contribution in [1.82, 2.24) is 0 Å². The molecule has 0 aromatic heterocycles. The predicted octanol–water partition coefficient (Wildman–Crippen LogP) is 4.67. The molecule has 0 unspecified atom stereocenters. The predicted molar refractivity (Wildman–Crippen MR) is 97.2 cm³/mol. The maximum Gasteiger partial charge on any atom is 0.534 e. The molecule has 0 saturated heterocycles. The number of hydrogen-bond donors (Lipinski definition) is 1. The Morgan fingerprint density at radius 2 is 1.75 bits per heavy atom. The third-order valence-electron chi connectivity index (χ3n) is 8.07. The minimum atomic E-state index is -5.64. The SMILES string of the molecule is C[C@]12CC[C@H](O)CC1=CC[C@@H]1[C@@H]2CC[C@]2(C)C(OS(=O)(=O)C(F)(F)F)=CC[C@@H]12. The number of hydrogen-bond acceptors (Lipinski definition) is 4. The van der Waals surface area contributed by atoms with Gasteiger partial charge in [0.2, 0.25) is 0 Å². The topological polar surface area (TPSA) is 63.6 Å². The van der Waals surface area contributed by atoms with Crippen LogP contribution < -0.4 is 0 Å². The summed E-state index contributed by atoms with van der Waals surface area (Å²) >= 11 is 0. The fraction of sp³-hybridized carbons (Fsp3) is 0.800. The van der Waals surface area contributed by atoms with E-state index >= 15 is 0 Å². The Kier molecular flexibility index (Phi) is 4.51. The van der Waals surface area contributed by atoms with E-state index in [1.807, 2.05) is 6.92 Å². The van der Waals surface area contributed by atoms with Crippen LogP contribution in [0.2, 0.25) is 0 Å². The molecule has 0 amide bonds. The lowest BCUT2D eigenvalue weighted by Crippen LogP contribution is -2.50. The Balaban J connectivity index is 1.60. The summed E-state index contributed by atoms with van der Waals surface area (Å²) in [5, 5.41) is 10.0. The first-order valence-electron chi connectivity index (χ1n) is 9.97. The fourth-order valence-electron chi connectivity index (χ4n) is 6.46. The second-order valence-corrected chi connectivity index (χ2v) is 10.9. The highest BCUT2D eigenvalue weighted by Crippen LogP contribution is 2.65. The second kappa shape index (κ2) is 6.24. The quantitative estimate of drug-likeness (QED) is 0.401. The van der Waals surface area contributed by atoms with E-state index in [0.717, 1.165) is 25.7 Å². The first kappa shape index (κ1) is 20.3. The van der Waals surface area contributed by atoms with Crippen LogP contribution in [0.25, 0.3) is 0 Å². The normalized spacial score (nSPS) is 43.4. The molecule has 0 aromatic rings. The van der Waals surface area contributed by atoms with Crippen molar-refractivity contribution in [3.05, 3.63) is 23.5 Å². The van der Waals surface area contributed by atoms with Crippen LogP contribution in [-0.4, -0.2) is 25.1 Å². The molecular weight excluding hydrogens is 393 g/mol. The van der Waals surface area contributed by atoms with Gasteiger partial charge in [-0.1, -0.05) is 25.5 Å². The molecule has 0 aromatic carbocycles. The van der Waals surface area contributed by atoms with Crippen molar-refractivity contribution in [2.75, 3.05) is 0 Å². The lowest BCUT2D eigenvalue weighted by Gasteiger charge is -2.57. The molecule has 0 radical (unpaired) electrons. The summed E-state index contributed by atoms with van der Waals surface area (Å²) in [7, 11) is -5.64. The van der Waals surface area contributed by atoms with Crippen LogP contribution in [0.5, 0.6) is 0 Å². The summed E-state index contributed by atoms with van der Waals surface area (Å²) in [6.07, 6.45) is 8.71. The monoisotopic (exact) mass is 420 g/mol. The molecule has 0 aliphatic heterocycles. The van der Waals surface area contributed by atoms with Gasteiger partial charge < -0.3 is 9.29 Å². The Bertz CT molecular complexity index is 831. The van der Waals surface area contributed by atoms with Crippen LogP contribution in [0.4, 0.5) is 13.2 Å². The van der Waals surface area contributed by atoms with E-state index in [9.17, 15) is 26.7 Å². The van der Waals surface area contributed by atoms with Gasteiger partial charge in [0.1, 0.15) is 5.76 Å². The number of fused-ring (bicyclic) bond motifs is 5. The van der Waals surface area contributed by atoms with Gasteiger partial charge in [0.25, 0.3) is 0 Å². The lowest BCUT2D eigenvalue weighted by molar-refractivity contribution is -0.0584. The van der Waals surface area contributed by atoms with E-state index < -0.39 is 21.0 Å². The highest BCUT2D eigenvalue weighted by Gasteiger charge is 2.59. The van der Waals surface area contributed by atoms with Crippen LogP contribution in [-0.2, 0) is 14.3 Å². The number of allylic oxidation sites excluding steroid dienone is 3. The highest BCUT2D eigenvalue weighted by atomic mass is 32.2. The number of halogens is 3. The van der Waals surface area contributed by atoms with Crippen LogP contribution in [0.15, 0.2) is 23.5 Å². The minimum absolute atomic E-state index is 0.0190. The maximum absolute atomic E-state index is 12.8. The largest absolute Gasteiger partial charge is 0.534 e. The molecule has 4 rings (SSSR count). The lowest BCUT2D eigenvalue weighted by atomic mass is 9.48. The van der Waals surface area contributed by atoms with E-state index in [1.54, 1.807) is 6.08 Å². The summed E-state index contributed by atoms with van der Waals surface area (Å²) in [5.41, 5.74) is -4.77. The summed E-state index contributed by atoms with van der Waals surface area (Å²) in [5.74, 6) is 0.733. The van der Waals surface area contributed by atoms with Crippen LogP contribution >= 0.6 is 0 Å². The van der Waals surface area contributed by atoms with Gasteiger partial charge in [-0.15, -0.1) is 0 Å². The summed E-state index contributed by atoms with van der Waals surface area (Å²) in [4.78, 5) is 0. The van der Waals surface area contributed by atoms with Crippen LogP contribution in [0.3, 0.4) is 0 Å². The van der Waals surface area contributed by atoms with Gasteiger partial charge in [-0.05, 0) is 74.2 Å².